The summed E-state index contributed by atoms with van der Waals surface area (Å²) in [4.78, 5) is 8.93. The first-order chi connectivity index (χ1) is 11.6. The first-order valence-corrected chi connectivity index (χ1v) is 8.27. The fraction of sp³-hybridized carbons (Fsp3) is 0.368. The molecule has 3 aromatic rings. The molecule has 0 spiro atoms. The van der Waals surface area contributed by atoms with Crippen LogP contribution in [0.4, 0.5) is 11.5 Å². The van der Waals surface area contributed by atoms with Crippen LogP contribution in [0.5, 0.6) is 0 Å². The zero-order valence-corrected chi connectivity index (χ0v) is 14.3. The summed E-state index contributed by atoms with van der Waals surface area (Å²) < 4.78 is 7.68. The molecule has 24 heavy (non-hydrogen) atoms. The van der Waals surface area contributed by atoms with E-state index in [-0.39, 0.29) is 5.41 Å². The van der Waals surface area contributed by atoms with Gasteiger partial charge in [0.25, 0.3) is 0 Å². The van der Waals surface area contributed by atoms with Gasteiger partial charge in [-0.05, 0) is 37.6 Å². The third-order valence-electron chi connectivity index (χ3n) is 4.74. The third kappa shape index (κ3) is 2.55. The van der Waals surface area contributed by atoms with E-state index in [0.29, 0.717) is 0 Å². The van der Waals surface area contributed by atoms with Gasteiger partial charge < -0.3 is 14.6 Å². The highest BCUT2D eigenvalue weighted by atomic mass is 16.5. The highest BCUT2D eigenvalue weighted by molar-refractivity contribution is 5.92. The molecule has 0 bridgehead atoms. The number of hydrogen-bond acceptors (Lipinski definition) is 4. The van der Waals surface area contributed by atoms with Gasteiger partial charge in [-0.1, -0.05) is 6.92 Å². The molecule has 1 aliphatic heterocycles. The molecule has 0 aliphatic carbocycles. The molecule has 0 radical (unpaired) electrons. The Kier molecular flexibility index (Phi) is 3.53. The van der Waals surface area contributed by atoms with E-state index in [0.717, 1.165) is 42.3 Å². The number of nitrogens with one attached hydrogen (secondary N) is 1. The molecule has 1 aliphatic rings. The van der Waals surface area contributed by atoms with Crippen molar-refractivity contribution in [1.29, 1.82) is 0 Å². The maximum absolute atomic E-state index is 5.38. The van der Waals surface area contributed by atoms with Gasteiger partial charge in [-0.25, -0.2) is 4.98 Å². The maximum Gasteiger partial charge on any atom is 0.139 e. The third-order valence-corrected chi connectivity index (χ3v) is 4.74. The molecule has 0 unspecified atom stereocenters. The first-order valence-electron chi connectivity index (χ1n) is 8.27. The van der Waals surface area contributed by atoms with Crippen molar-refractivity contribution in [3.63, 3.8) is 0 Å². The molecule has 0 amide bonds. The van der Waals surface area contributed by atoms with Crippen molar-refractivity contribution >= 4 is 22.4 Å². The number of nitrogens with zero attached hydrogens (tertiary/aromatic N) is 3. The number of rotatable bonds is 4. The van der Waals surface area contributed by atoms with Gasteiger partial charge in [-0.2, -0.15) is 0 Å². The topological polar surface area (TPSA) is 52.0 Å². The van der Waals surface area contributed by atoms with E-state index in [4.69, 9.17) is 4.74 Å². The predicted octanol–water partition coefficient (Wildman–Crippen LogP) is 3.83. The Hall–Kier alpha value is -2.40. The highest BCUT2D eigenvalue weighted by Crippen LogP contribution is 2.32. The molecule has 4 rings (SSSR count). The van der Waals surface area contributed by atoms with Crippen molar-refractivity contribution in [3.05, 3.63) is 48.0 Å². The summed E-state index contributed by atoms with van der Waals surface area (Å²) in [5.74, 6) is 0.875. The minimum Gasteiger partial charge on any atom is -0.380 e. The van der Waals surface area contributed by atoms with E-state index in [1.54, 1.807) is 0 Å². The monoisotopic (exact) mass is 322 g/mol. The van der Waals surface area contributed by atoms with Gasteiger partial charge in [-0.15, -0.1) is 0 Å². The summed E-state index contributed by atoms with van der Waals surface area (Å²) in [6.07, 6.45) is 5.84. The molecular formula is C19H22N4O. The summed E-state index contributed by atoms with van der Waals surface area (Å²) in [6.45, 7) is 8.99. The molecule has 3 aromatic heterocycles. The van der Waals surface area contributed by atoms with Crippen LogP contribution in [0.2, 0.25) is 0 Å². The Morgan fingerprint density at radius 2 is 1.96 bits per heavy atom. The second-order valence-electron chi connectivity index (χ2n) is 7.05. The van der Waals surface area contributed by atoms with Gasteiger partial charge in [0.15, 0.2) is 0 Å². The first kappa shape index (κ1) is 15.1. The van der Waals surface area contributed by atoms with Gasteiger partial charge in [-0.3, -0.25) is 4.98 Å². The van der Waals surface area contributed by atoms with Crippen LogP contribution < -0.4 is 5.32 Å². The molecule has 5 nitrogen and oxygen atoms in total. The summed E-state index contributed by atoms with van der Waals surface area (Å²) in [7, 11) is 0. The molecule has 124 valence electrons. The van der Waals surface area contributed by atoms with Crippen molar-refractivity contribution in [2.24, 2.45) is 5.41 Å². The maximum atomic E-state index is 5.38. The fourth-order valence-corrected chi connectivity index (χ4v) is 3.31. The second kappa shape index (κ2) is 5.60. The number of anilines is 2. The van der Waals surface area contributed by atoms with Crippen LogP contribution >= 0.6 is 0 Å². The molecule has 0 saturated carbocycles. The highest BCUT2D eigenvalue weighted by Gasteiger charge is 2.33. The van der Waals surface area contributed by atoms with Crippen LogP contribution in [0.25, 0.3) is 10.9 Å². The minimum atomic E-state index is 0.235. The van der Waals surface area contributed by atoms with Crippen molar-refractivity contribution in [2.45, 2.75) is 27.3 Å². The Morgan fingerprint density at radius 1 is 1.17 bits per heavy atom. The molecule has 4 heterocycles. The van der Waals surface area contributed by atoms with E-state index >= 15 is 0 Å². The molecule has 1 saturated heterocycles. The van der Waals surface area contributed by atoms with E-state index < -0.39 is 0 Å². The van der Waals surface area contributed by atoms with Gasteiger partial charge in [0.2, 0.25) is 0 Å². The number of aromatic nitrogens is 3. The lowest BCUT2D eigenvalue weighted by Gasteiger charge is -2.38. The smallest absolute Gasteiger partial charge is 0.139 e. The fourth-order valence-electron chi connectivity index (χ4n) is 3.31. The average Bonchev–Trinajstić information content (AvgIpc) is 2.93. The minimum absolute atomic E-state index is 0.235. The predicted molar refractivity (Wildman–Crippen MR) is 95.7 cm³/mol. The SMILES string of the molecule is Cc1ccnc(C)c1Nc1nccc2c1ccn2CC1(C)COC1. The lowest BCUT2D eigenvalue weighted by molar-refractivity contribution is -0.109. The molecule has 0 aromatic carbocycles. The Bertz CT molecular complexity index is 875. The number of pyridine rings is 2. The lowest BCUT2D eigenvalue weighted by atomic mass is 9.88. The Labute approximate surface area is 141 Å². The van der Waals surface area contributed by atoms with E-state index in [2.05, 4.69) is 52.0 Å². The van der Waals surface area contributed by atoms with Crippen molar-refractivity contribution in [3.8, 4) is 0 Å². The molecule has 0 atom stereocenters. The largest absolute Gasteiger partial charge is 0.380 e. The van der Waals surface area contributed by atoms with Gasteiger partial charge in [0.1, 0.15) is 5.82 Å². The van der Waals surface area contributed by atoms with Crippen molar-refractivity contribution in [1.82, 2.24) is 14.5 Å². The van der Waals surface area contributed by atoms with Gasteiger partial charge >= 0.3 is 0 Å². The van der Waals surface area contributed by atoms with Crippen molar-refractivity contribution < 1.29 is 4.74 Å². The van der Waals surface area contributed by atoms with Crippen LogP contribution in [0.3, 0.4) is 0 Å². The van der Waals surface area contributed by atoms with Crippen LogP contribution in [0, 0.1) is 19.3 Å². The summed E-state index contributed by atoms with van der Waals surface area (Å²) in [5.41, 5.74) is 4.61. The van der Waals surface area contributed by atoms with Gasteiger partial charge in [0, 0.05) is 35.9 Å². The van der Waals surface area contributed by atoms with E-state index in [1.165, 1.54) is 11.1 Å². The van der Waals surface area contributed by atoms with Crippen molar-refractivity contribution in [2.75, 3.05) is 18.5 Å². The van der Waals surface area contributed by atoms with Crippen LogP contribution in [-0.4, -0.2) is 27.7 Å². The lowest BCUT2D eigenvalue weighted by Crippen LogP contribution is -2.42. The standard InChI is InChI=1S/C19H22N4O/c1-13-4-7-20-14(2)17(13)22-18-15-6-9-23(16(15)5-8-21-18)10-19(3)11-24-12-19/h4-9H,10-12H2,1-3H3,(H,21,22). The average molecular weight is 322 g/mol. The Balaban J connectivity index is 1.71. The molecule has 1 fully saturated rings. The second-order valence-corrected chi connectivity index (χ2v) is 7.05. The van der Waals surface area contributed by atoms with E-state index in [9.17, 15) is 0 Å². The van der Waals surface area contributed by atoms with Gasteiger partial charge in [0.05, 0.1) is 30.1 Å². The molecule has 5 heteroatoms. The Morgan fingerprint density at radius 3 is 2.67 bits per heavy atom. The summed E-state index contributed by atoms with van der Waals surface area (Å²) >= 11 is 0. The van der Waals surface area contributed by atoms with E-state index in [1.807, 2.05) is 25.4 Å². The zero-order valence-electron chi connectivity index (χ0n) is 14.3. The number of hydrogen-bond donors (Lipinski definition) is 1. The summed E-state index contributed by atoms with van der Waals surface area (Å²) in [5, 5.41) is 4.60. The molecule has 1 N–H and O–H groups in total. The zero-order chi connectivity index (χ0) is 16.7. The van der Waals surface area contributed by atoms with Crippen LogP contribution in [0.15, 0.2) is 36.8 Å². The summed E-state index contributed by atoms with van der Waals surface area (Å²) in [6, 6.07) is 6.22. The van der Waals surface area contributed by atoms with Crippen LogP contribution in [-0.2, 0) is 11.3 Å². The number of ether oxygens (including phenoxy) is 1. The van der Waals surface area contributed by atoms with Crippen LogP contribution in [0.1, 0.15) is 18.2 Å². The normalized spacial score (nSPS) is 16.1. The molecular weight excluding hydrogens is 300 g/mol. The number of aryl methyl sites for hydroxylation is 2. The number of fused-ring (bicyclic) bond motifs is 1. The quantitative estimate of drug-likeness (QED) is 0.793.